The van der Waals surface area contributed by atoms with Crippen molar-refractivity contribution in [3.8, 4) is 0 Å². The summed E-state index contributed by atoms with van der Waals surface area (Å²) >= 11 is 0. The highest BCUT2D eigenvalue weighted by Crippen LogP contribution is 2.28. The molecule has 0 radical (unpaired) electrons. The molecule has 5 rings (SSSR count). The molecule has 0 aliphatic carbocycles. The van der Waals surface area contributed by atoms with Crippen molar-refractivity contribution in [2.24, 2.45) is 7.05 Å². The highest BCUT2D eigenvalue weighted by molar-refractivity contribution is 5.82. The van der Waals surface area contributed by atoms with E-state index in [0.717, 1.165) is 55.8 Å². The van der Waals surface area contributed by atoms with Gasteiger partial charge in [-0.2, -0.15) is 5.10 Å². The second kappa shape index (κ2) is 6.70. The van der Waals surface area contributed by atoms with E-state index in [1.54, 1.807) is 10.9 Å². The predicted molar refractivity (Wildman–Crippen MR) is 105 cm³/mol. The lowest BCUT2D eigenvalue weighted by molar-refractivity contribution is 0.359. The zero-order chi connectivity index (χ0) is 19.3. The molecule has 1 aromatic carbocycles. The molecule has 0 saturated carbocycles. The summed E-state index contributed by atoms with van der Waals surface area (Å²) in [4.78, 5) is 19.5. The first-order valence-electron chi connectivity index (χ1n) is 9.77. The number of hydrogen-bond donors (Lipinski definition) is 1. The molecule has 0 unspecified atom stereocenters. The summed E-state index contributed by atoms with van der Waals surface area (Å²) in [5.74, 6) is -0.495. The molecule has 7 nitrogen and oxygen atoms in total. The maximum absolute atomic E-state index is 15.0. The Balaban J connectivity index is 1.52. The number of halogens is 1. The van der Waals surface area contributed by atoms with Crippen LogP contribution in [0.1, 0.15) is 30.1 Å². The molecule has 28 heavy (non-hydrogen) atoms. The number of piperidine rings is 1. The van der Waals surface area contributed by atoms with Gasteiger partial charge in [0.15, 0.2) is 0 Å². The Morgan fingerprint density at radius 2 is 2.07 bits per heavy atom. The van der Waals surface area contributed by atoms with Crippen LogP contribution in [0.5, 0.6) is 0 Å². The fourth-order valence-corrected chi connectivity index (χ4v) is 4.40. The van der Waals surface area contributed by atoms with Crippen molar-refractivity contribution in [2.45, 2.75) is 31.8 Å². The average molecular weight is 382 g/mol. The van der Waals surface area contributed by atoms with E-state index in [1.165, 1.54) is 6.07 Å². The van der Waals surface area contributed by atoms with Crippen LogP contribution in [0.25, 0.3) is 10.9 Å². The molecule has 0 spiro atoms. The third kappa shape index (κ3) is 2.88. The molecule has 0 amide bonds. The molecule has 146 valence electrons. The monoisotopic (exact) mass is 382 g/mol. The zero-order valence-corrected chi connectivity index (χ0v) is 15.9. The standard InChI is InChI=1S/C20H23FN6O/c1-25-10-13-11-26(7-4-17(13)24-25)15-8-16(21)19-18(9-15)23-12-27(20(19)28)14-2-5-22-6-3-14/h8-10,12,14,22H,2-7,11H2,1H3. The van der Waals surface area contributed by atoms with Gasteiger partial charge in [0, 0.05) is 50.0 Å². The largest absolute Gasteiger partial charge is 0.367 e. The van der Waals surface area contributed by atoms with Crippen LogP contribution in [0, 0.1) is 5.82 Å². The topological polar surface area (TPSA) is 68.0 Å². The van der Waals surface area contributed by atoms with Crippen molar-refractivity contribution in [1.29, 1.82) is 0 Å². The second-order valence-electron chi connectivity index (χ2n) is 7.71. The van der Waals surface area contributed by atoms with E-state index in [-0.39, 0.29) is 17.0 Å². The lowest BCUT2D eigenvalue weighted by atomic mass is 10.1. The minimum atomic E-state index is -0.495. The smallest absolute Gasteiger partial charge is 0.264 e. The summed E-state index contributed by atoms with van der Waals surface area (Å²) in [6.45, 7) is 3.17. The number of benzene rings is 1. The molecule has 3 aromatic rings. The highest BCUT2D eigenvalue weighted by Gasteiger charge is 2.23. The van der Waals surface area contributed by atoms with Crippen LogP contribution in [-0.4, -0.2) is 39.0 Å². The number of anilines is 1. The van der Waals surface area contributed by atoms with E-state index in [0.29, 0.717) is 12.1 Å². The van der Waals surface area contributed by atoms with Crippen molar-refractivity contribution in [3.63, 3.8) is 0 Å². The van der Waals surface area contributed by atoms with Crippen LogP contribution in [0.2, 0.25) is 0 Å². The van der Waals surface area contributed by atoms with Crippen LogP contribution in [-0.2, 0) is 20.0 Å². The van der Waals surface area contributed by atoms with Gasteiger partial charge in [0.1, 0.15) is 11.2 Å². The third-order valence-electron chi connectivity index (χ3n) is 5.86. The fraction of sp³-hybridized carbons (Fsp3) is 0.450. The maximum Gasteiger partial charge on any atom is 0.264 e. The first-order chi connectivity index (χ1) is 13.6. The lowest BCUT2D eigenvalue weighted by Gasteiger charge is -2.28. The van der Waals surface area contributed by atoms with Gasteiger partial charge in [-0.1, -0.05) is 0 Å². The minimum absolute atomic E-state index is 0.0795. The van der Waals surface area contributed by atoms with Gasteiger partial charge in [0.25, 0.3) is 5.56 Å². The minimum Gasteiger partial charge on any atom is -0.367 e. The van der Waals surface area contributed by atoms with Gasteiger partial charge in [-0.05, 0) is 38.1 Å². The van der Waals surface area contributed by atoms with Gasteiger partial charge in [0.05, 0.1) is 17.5 Å². The number of aromatic nitrogens is 4. The third-order valence-corrected chi connectivity index (χ3v) is 5.86. The number of nitrogens with one attached hydrogen (secondary N) is 1. The Labute approximate surface area is 161 Å². The van der Waals surface area contributed by atoms with E-state index < -0.39 is 5.82 Å². The first kappa shape index (κ1) is 17.4. The van der Waals surface area contributed by atoms with Gasteiger partial charge >= 0.3 is 0 Å². The molecule has 1 saturated heterocycles. The predicted octanol–water partition coefficient (Wildman–Crippen LogP) is 1.76. The number of nitrogens with zero attached hydrogens (tertiary/aromatic N) is 5. The molecule has 2 aliphatic rings. The zero-order valence-electron chi connectivity index (χ0n) is 15.9. The summed E-state index contributed by atoms with van der Waals surface area (Å²) in [5.41, 5.74) is 3.15. The summed E-state index contributed by atoms with van der Waals surface area (Å²) in [7, 11) is 1.91. The van der Waals surface area contributed by atoms with Crippen molar-refractivity contribution in [2.75, 3.05) is 24.5 Å². The Hall–Kier alpha value is -2.74. The number of hydrogen-bond acceptors (Lipinski definition) is 5. The van der Waals surface area contributed by atoms with Crippen LogP contribution < -0.4 is 15.8 Å². The fourth-order valence-electron chi connectivity index (χ4n) is 4.40. The molecule has 1 fully saturated rings. The van der Waals surface area contributed by atoms with E-state index in [9.17, 15) is 4.79 Å². The quantitative estimate of drug-likeness (QED) is 0.732. The maximum atomic E-state index is 15.0. The molecule has 2 aromatic heterocycles. The van der Waals surface area contributed by atoms with E-state index in [1.807, 2.05) is 24.0 Å². The van der Waals surface area contributed by atoms with Crippen molar-refractivity contribution in [3.05, 3.63) is 52.1 Å². The summed E-state index contributed by atoms with van der Waals surface area (Å²) in [5, 5.41) is 7.84. The molecule has 2 aliphatic heterocycles. The van der Waals surface area contributed by atoms with Crippen molar-refractivity contribution < 1.29 is 4.39 Å². The number of aryl methyl sites for hydroxylation is 1. The van der Waals surface area contributed by atoms with Gasteiger partial charge < -0.3 is 10.2 Å². The van der Waals surface area contributed by atoms with E-state index in [2.05, 4.69) is 20.3 Å². The summed E-state index contributed by atoms with van der Waals surface area (Å²) in [6, 6.07) is 3.38. The Morgan fingerprint density at radius 3 is 2.89 bits per heavy atom. The number of fused-ring (bicyclic) bond motifs is 2. The lowest BCUT2D eigenvalue weighted by Crippen LogP contribution is -2.34. The summed E-state index contributed by atoms with van der Waals surface area (Å²) < 4.78 is 18.4. The van der Waals surface area contributed by atoms with Crippen LogP contribution in [0.4, 0.5) is 10.1 Å². The molecule has 0 bridgehead atoms. The first-order valence-corrected chi connectivity index (χ1v) is 9.77. The van der Waals surface area contributed by atoms with E-state index in [4.69, 9.17) is 0 Å². The van der Waals surface area contributed by atoms with Gasteiger partial charge in [-0.15, -0.1) is 0 Å². The summed E-state index contributed by atoms with van der Waals surface area (Å²) in [6.07, 6.45) is 6.12. The average Bonchev–Trinajstić information content (AvgIpc) is 3.07. The Bertz CT molecular complexity index is 1100. The van der Waals surface area contributed by atoms with Crippen molar-refractivity contribution >= 4 is 16.6 Å². The van der Waals surface area contributed by atoms with E-state index >= 15 is 4.39 Å². The molecule has 0 atom stereocenters. The Kier molecular flexibility index (Phi) is 4.16. The van der Waals surface area contributed by atoms with Gasteiger partial charge in [-0.25, -0.2) is 9.37 Å². The molecular weight excluding hydrogens is 359 g/mol. The van der Waals surface area contributed by atoms with Gasteiger partial charge in [-0.3, -0.25) is 14.0 Å². The van der Waals surface area contributed by atoms with Crippen molar-refractivity contribution in [1.82, 2.24) is 24.6 Å². The van der Waals surface area contributed by atoms with Gasteiger partial charge in [0.2, 0.25) is 0 Å². The Morgan fingerprint density at radius 1 is 1.25 bits per heavy atom. The molecule has 1 N–H and O–H groups in total. The van der Waals surface area contributed by atoms with Crippen LogP contribution in [0.15, 0.2) is 29.5 Å². The molecule has 8 heteroatoms. The van der Waals surface area contributed by atoms with Crippen LogP contribution in [0.3, 0.4) is 0 Å². The second-order valence-corrected chi connectivity index (χ2v) is 7.71. The number of rotatable bonds is 2. The highest BCUT2D eigenvalue weighted by atomic mass is 19.1. The SMILES string of the molecule is Cn1cc2c(n1)CCN(c1cc(F)c3c(=O)n(C4CCNCC4)cnc3c1)C2. The van der Waals surface area contributed by atoms with Crippen LogP contribution >= 0.6 is 0 Å². The normalized spacial score (nSPS) is 17.9. The molecule has 4 heterocycles. The molecular formula is C20H23FN6O.